The molecule has 70 valence electrons. The van der Waals surface area contributed by atoms with Gasteiger partial charge in [0.2, 0.25) is 0 Å². The van der Waals surface area contributed by atoms with E-state index in [-0.39, 0.29) is 6.04 Å². The van der Waals surface area contributed by atoms with Gasteiger partial charge in [-0.25, -0.2) is 8.78 Å². The van der Waals surface area contributed by atoms with Crippen molar-refractivity contribution < 1.29 is 8.78 Å². The van der Waals surface area contributed by atoms with Crippen LogP contribution < -0.4 is 5.32 Å². The fourth-order valence-electron chi connectivity index (χ4n) is 0.844. The summed E-state index contributed by atoms with van der Waals surface area (Å²) < 4.78 is 24.2. The summed E-state index contributed by atoms with van der Waals surface area (Å²) in [6.45, 7) is 2.65. The van der Waals surface area contributed by atoms with Gasteiger partial charge in [-0.3, -0.25) is 0 Å². The molecule has 0 saturated carbocycles. The lowest BCUT2D eigenvalue weighted by molar-refractivity contribution is 0.458. The van der Waals surface area contributed by atoms with E-state index in [1.165, 1.54) is 6.08 Å². The zero-order valence-corrected chi connectivity index (χ0v) is 7.70. The Morgan fingerprint density at radius 1 is 1.58 bits per heavy atom. The van der Waals surface area contributed by atoms with Crippen molar-refractivity contribution in [3.05, 3.63) is 23.6 Å². The lowest BCUT2D eigenvalue weighted by Gasteiger charge is -2.10. The molecule has 0 bridgehead atoms. The van der Waals surface area contributed by atoms with Crippen molar-refractivity contribution in [2.45, 2.75) is 19.9 Å². The number of likely N-dealkylation sites (N-methyl/N-ethyl adjacent to an activating group) is 1. The van der Waals surface area contributed by atoms with Gasteiger partial charge in [-0.15, -0.1) is 0 Å². The monoisotopic (exact) mass is 175 g/mol. The second-order valence-electron chi connectivity index (χ2n) is 2.52. The second-order valence-corrected chi connectivity index (χ2v) is 2.52. The summed E-state index contributed by atoms with van der Waals surface area (Å²) in [6.07, 6.45) is 2.98. The highest BCUT2D eigenvalue weighted by molar-refractivity contribution is 5.25. The van der Waals surface area contributed by atoms with Crippen LogP contribution in [0.1, 0.15) is 13.8 Å². The van der Waals surface area contributed by atoms with E-state index in [9.17, 15) is 8.78 Å². The van der Waals surface area contributed by atoms with E-state index in [0.717, 1.165) is 5.57 Å². The van der Waals surface area contributed by atoms with Gasteiger partial charge in [0.1, 0.15) is 12.5 Å². The molecule has 1 N–H and O–H groups in total. The number of halogens is 2. The van der Waals surface area contributed by atoms with E-state index < -0.39 is 12.5 Å². The van der Waals surface area contributed by atoms with Crippen molar-refractivity contribution in [2.75, 3.05) is 13.7 Å². The van der Waals surface area contributed by atoms with Gasteiger partial charge in [-0.1, -0.05) is 6.08 Å². The highest BCUT2D eigenvalue weighted by Crippen LogP contribution is 2.08. The topological polar surface area (TPSA) is 12.0 Å². The Kier molecular flexibility index (Phi) is 5.54. The van der Waals surface area contributed by atoms with Crippen LogP contribution >= 0.6 is 0 Å². The Hall–Kier alpha value is -0.700. The van der Waals surface area contributed by atoms with E-state index >= 15 is 0 Å². The van der Waals surface area contributed by atoms with Crippen LogP contribution in [0.25, 0.3) is 0 Å². The summed E-state index contributed by atoms with van der Waals surface area (Å²) in [6, 6.07) is 0.0484. The third-order valence-electron chi connectivity index (χ3n) is 1.72. The molecule has 0 aliphatic carbocycles. The molecule has 0 aliphatic rings. The molecule has 0 saturated heterocycles. The van der Waals surface area contributed by atoms with Gasteiger partial charge in [0.25, 0.3) is 0 Å². The smallest absolute Gasteiger partial charge is 0.141 e. The van der Waals surface area contributed by atoms with E-state index in [1.54, 1.807) is 20.0 Å². The summed E-state index contributed by atoms with van der Waals surface area (Å²) in [4.78, 5) is 0. The van der Waals surface area contributed by atoms with Crippen LogP contribution in [0.4, 0.5) is 8.78 Å². The quantitative estimate of drug-likeness (QED) is 0.647. The third-order valence-corrected chi connectivity index (χ3v) is 1.72. The van der Waals surface area contributed by atoms with Crippen LogP contribution in [0.5, 0.6) is 0 Å². The Labute approximate surface area is 72.2 Å². The van der Waals surface area contributed by atoms with Crippen LogP contribution in [0, 0.1) is 0 Å². The van der Waals surface area contributed by atoms with Crippen molar-refractivity contribution in [3.63, 3.8) is 0 Å². The molecule has 0 aliphatic heterocycles. The maximum absolute atomic E-state index is 12.5. The van der Waals surface area contributed by atoms with Gasteiger partial charge in [0.05, 0.1) is 0 Å². The largest absolute Gasteiger partial charge is 0.313 e. The summed E-state index contributed by atoms with van der Waals surface area (Å²) in [7, 11) is 1.77. The molecule has 0 aromatic heterocycles. The van der Waals surface area contributed by atoms with E-state index in [4.69, 9.17) is 0 Å². The first-order chi connectivity index (χ1) is 5.65. The van der Waals surface area contributed by atoms with Crippen LogP contribution in [-0.4, -0.2) is 19.8 Å². The molecule has 0 aromatic carbocycles. The maximum Gasteiger partial charge on any atom is 0.141 e. The van der Waals surface area contributed by atoms with Gasteiger partial charge in [0.15, 0.2) is 0 Å². The van der Waals surface area contributed by atoms with Crippen molar-refractivity contribution in [2.24, 2.45) is 0 Å². The number of nitrogens with one attached hydrogen (secondary N) is 1. The predicted octanol–water partition coefficient (Wildman–Crippen LogP) is 2.36. The number of alkyl halides is 1. The molecule has 1 nitrogen and oxygen atoms in total. The third kappa shape index (κ3) is 3.62. The fraction of sp³-hybridized carbons (Fsp3) is 0.556. The zero-order valence-electron chi connectivity index (χ0n) is 7.70. The molecule has 1 unspecified atom stereocenters. The minimum absolute atomic E-state index is 0.0484. The van der Waals surface area contributed by atoms with E-state index in [1.807, 2.05) is 6.92 Å². The Morgan fingerprint density at radius 3 is 2.50 bits per heavy atom. The zero-order chi connectivity index (χ0) is 9.56. The maximum atomic E-state index is 12.5. The van der Waals surface area contributed by atoms with Crippen molar-refractivity contribution in [3.8, 4) is 0 Å². The minimum Gasteiger partial charge on any atom is -0.313 e. The molecular weight excluding hydrogens is 160 g/mol. The SMILES string of the molecule is C/C=C(\C=C(\F)CF)C(C)NC. The molecule has 0 fully saturated rings. The summed E-state index contributed by atoms with van der Waals surface area (Å²) >= 11 is 0. The van der Waals surface area contributed by atoms with Gasteiger partial charge >= 0.3 is 0 Å². The molecule has 0 radical (unpaired) electrons. The molecule has 3 heteroatoms. The van der Waals surface area contributed by atoms with Crippen molar-refractivity contribution >= 4 is 0 Å². The number of allylic oxidation sites excluding steroid dienone is 2. The van der Waals surface area contributed by atoms with Gasteiger partial charge in [0, 0.05) is 6.04 Å². The van der Waals surface area contributed by atoms with Crippen LogP contribution in [0.2, 0.25) is 0 Å². The standard InChI is InChI=1S/C9H15F2N/c1-4-8(7(2)12-3)5-9(11)6-10/h4-5,7,12H,6H2,1-3H3/b8-4+,9-5+. The molecule has 0 aromatic rings. The Bertz CT molecular complexity index is 185. The first-order valence-corrected chi connectivity index (χ1v) is 3.91. The molecule has 0 spiro atoms. The van der Waals surface area contributed by atoms with Crippen LogP contribution in [0.3, 0.4) is 0 Å². The van der Waals surface area contributed by atoms with Crippen molar-refractivity contribution in [1.29, 1.82) is 0 Å². The lowest BCUT2D eigenvalue weighted by atomic mass is 10.1. The van der Waals surface area contributed by atoms with E-state index in [2.05, 4.69) is 5.32 Å². The van der Waals surface area contributed by atoms with Gasteiger partial charge < -0.3 is 5.32 Å². The summed E-state index contributed by atoms with van der Waals surface area (Å²) in [5.41, 5.74) is 0.757. The minimum atomic E-state index is -1.03. The first-order valence-electron chi connectivity index (χ1n) is 3.91. The number of rotatable bonds is 4. The average molecular weight is 175 g/mol. The molecule has 0 rings (SSSR count). The number of hydrogen-bond acceptors (Lipinski definition) is 1. The summed E-state index contributed by atoms with van der Waals surface area (Å²) in [5.74, 6) is -0.731. The average Bonchev–Trinajstić information content (AvgIpc) is 2.12. The predicted molar refractivity (Wildman–Crippen MR) is 47.4 cm³/mol. The molecule has 0 amide bonds. The summed E-state index contributed by atoms with van der Waals surface area (Å²) in [5, 5.41) is 2.94. The van der Waals surface area contributed by atoms with Gasteiger partial charge in [-0.2, -0.15) is 0 Å². The van der Waals surface area contributed by atoms with E-state index in [0.29, 0.717) is 0 Å². The fourth-order valence-corrected chi connectivity index (χ4v) is 0.844. The second kappa shape index (κ2) is 5.89. The molecule has 12 heavy (non-hydrogen) atoms. The molecular formula is C9H15F2N. The van der Waals surface area contributed by atoms with Crippen molar-refractivity contribution in [1.82, 2.24) is 5.32 Å². The van der Waals surface area contributed by atoms with Crippen LogP contribution in [-0.2, 0) is 0 Å². The Morgan fingerprint density at radius 2 is 2.17 bits per heavy atom. The Balaban J connectivity index is 4.38. The highest BCUT2D eigenvalue weighted by atomic mass is 19.2. The highest BCUT2D eigenvalue weighted by Gasteiger charge is 2.03. The molecule has 1 atom stereocenters. The normalized spacial score (nSPS) is 16.4. The molecule has 0 heterocycles. The lowest BCUT2D eigenvalue weighted by Crippen LogP contribution is -2.22. The van der Waals surface area contributed by atoms with Crippen LogP contribution in [0.15, 0.2) is 23.6 Å². The number of hydrogen-bond donors (Lipinski definition) is 1. The van der Waals surface area contributed by atoms with Gasteiger partial charge in [-0.05, 0) is 32.5 Å². The first kappa shape index (κ1) is 11.3.